The molecule has 4 rings (SSSR count). The highest BCUT2D eigenvalue weighted by atomic mass is 16.6. The molecule has 1 amide bonds. The van der Waals surface area contributed by atoms with Crippen LogP contribution in [0, 0.1) is 0 Å². The zero-order chi connectivity index (χ0) is 23.4. The summed E-state index contributed by atoms with van der Waals surface area (Å²) in [5, 5.41) is 5.76. The van der Waals surface area contributed by atoms with E-state index in [1.54, 1.807) is 55.5 Å². The Hall–Kier alpha value is -4.39. The summed E-state index contributed by atoms with van der Waals surface area (Å²) in [6.45, 7) is 1.79. The van der Waals surface area contributed by atoms with E-state index in [0.29, 0.717) is 39.6 Å². The number of benzene rings is 3. The Morgan fingerprint density at radius 3 is 2.42 bits per heavy atom. The average molecular weight is 442 g/mol. The molecule has 7 heteroatoms. The van der Waals surface area contributed by atoms with E-state index >= 15 is 0 Å². The van der Waals surface area contributed by atoms with Crippen LogP contribution in [0.5, 0.6) is 17.2 Å². The van der Waals surface area contributed by atoms with Crippen LogP contribution in [0.25, 0.3) is 6.08 Å². The first-order valence-corrected chi connectivity index (χ1v) is 10.2. The van der Waals surface area contributed by atoms with Gasteiger partial charge in [0.25, 0.3) is 5.91 Å². The lowest BCUT2D eigenvalue weighted by Crippen LogP contribution is -2.21. The summed E-state index contributed by atoms with van der Waals surface area (Å²) in [5.74, 6) is 0.431. The van der Waals surface area contributed by atoms with Gasteiger partial charge in [0.15, 0.2) is 11.5 Å². The van der Waals surface area contributed by atoms with Crippen molar-refractivity contribution in [3.05, 3.63) is 89.5 Å². The third kappa shape index (κ3) is 4.62. The molecule has 0 saturated carbocycles. The molecule has 0 fully saturated rings. The molecule has 0 radical (unpaired) electrons. The number of rotatable bonds is 6. The van der Waals surface area contributed by atoms with Crippen molar-refractivity contribution in [1.82, 2.24) is 0 Å². The van der Waals surface area contributed by atoms with Gasteiger partial charge in [-0.2, -0.15) is 10.1 Å². The van der Waals surface area contributed by atoms with Gasteiger partial charge in [-0.1, -0.05) is 30.3 Å². The van der Waals surface area contributed by atoms with E-state index in [0.717, 1.165) is 0 Å². The Kier molecular flexibility index (Phi) is 6.22. The van der Waals surface area contributed by atoms with E-state index in [1.807, 2.05) is 30.3 Å². The number of para-hydroxylation sites is 1. The molecular formula is C26H22N2O5. The van der Waals surface area contributed by atoms with Gasteiger partial charge in [-0.3, -0.25) is 4.79 Å². The predicted octanol–water partition coefficient (Wildman–Crippen LogP) is 4.73. The molecular weight excluding hydrogens is 420 g/mol. The summed E-state index contributed by atoms with van der Waals surface area (Å²) in [7, 11) is 3.01. The van der Waals surface area contributed by atoms with E-state index in [1.165, 1.54) is 19.2 Å². The molecule has 3 aromatic carbocycles. The number of amides is 1. The fourth-order valence-electron chi connectivity index (χ4n) is 3.36. The highest BCUT2D eigenvalue weighted by Gasteiger charge is 2.28. The molecule has 0 aromatic heterocycles. The van der Waals surface area contributed by atoms with E-state index in [2.05, 4.69) is 5.10 Å². The number of carbonyl (C=O) groups is 2. The molecule has 0 aliphatic carbocycles. The first kappa shape index (κ1) is 21.8. The van der Waals surface area contributed by atoms with Gasteiger partial charge in [0, 0.05) is 0 Å². The number of nitrogens with zero attached hydrogens (tertiary/aromatic N) is 2. The van der Waals surface area contributed by atoms with Crippen LogP contribution >= 0.6 is 0 Å². The number of carbonyl (C=O) groups excluding carboxylic acids is 2. The van der Waals surface area contributed by atoms with Crippen LogP contribution in [0.1, 0.15) is 22.8 Å². The maximum absolute atomic E-state index is 12.9. The number of hydrogen-bond donors (Lipinski definition) is 0. The van der Waals surface area contributed by atoms with Gasteiger partial charge in [-0.05, 0) is 61.0 Å². The van der Waals surface area contributed by atoms with Gasteiger partial charge in [0.05, 0.1) is 36.8 Å². The number of methoxy groups -OCH3 is 2. The summed E-state index contributed by atoms with van der Waals surface area (Å²) >= 11 is 0. The van der Waals surface area contributed by atoms with Crippen LogP contribution in [-0.4, -0.2) is 31.8 Å². The zero-order valence-electron chi connectivity index (χ0n) is 18.4. The van der Waals surface area contributed by atoms with Gasteiger partial charge in [0.2, 0.25) is 0 Å². The van der Waals surface area contributed by atoms with Crippen molar-refractivity contribution in [3.63, 3.8) is 0 Å². The number of ether oxygens (including phenoxy) is 3. The second-order valence-electron chi connectivity index (χ2n) is 7.23. The quantitative estimate of drug-likeness (QED) is 0.313. The van der Waals surface area contributed by atoms with Gasteiger partial charge in [-0.15, -0.1) is 0 Å². The summed E-state index contributed by atoms with van der Waals surface area (Å²) in [6, 6.07) is 21.0. The largest absolute Gasteiger partial charge is 0.497 e. The fourth-order valence-corrected chi connectivity index (χ4v) is 3.36. The van der Waals surface area contributed by atoms with Crippen molar-refractivity contribution in [3.8, 4) is 17.2 Å². The normalized spacial score (nSPS) is 14.3. The topological polar surface area (TPSA) is 77.4 Å². The van der Waals surface area contributed by atoms with Crippen LogP contribution in [0.15, 0.2) is 83.5 Å². The van der Waals surface area contributed by atoms with Crippen LogP contribution in [0.3, 0.4) is 0 Å². The minimum Gasteiger partial charge on any atom is -0.497 e. The Balaban J connectivity index is 1.57. The molecule has 33 heavy (non-hydrogen) atoms. The van der Waals surface area contributed by atoms with Crippen molar-refractivity contribution >= 4 is 29.4 Å². The molecule has 0 unspecified atom stereocenters. The Morgan fingerprint density at radius 2 is 1.70 bits per heavy atom. The Labute approximate surface area is 191 Å². The molecule has 0 bridgehead atoms. The van der Waals surface area contributed by atoms with Gasteiger partial charge in [-0.25, -0.2) is 4.79 Å². The Bertz CT molecular complexity index is 1260. The summed E-state index contributed by atoms with van der Waals surface area (Å²) in [4.78, 5) is 25.5. The highest BCUT2D eigenvalue weighted by Crippen LogP contribution is 2.31. The summed E-state index contributed by atoms with van der Waals surface area (Å²) < 4.78 is 16.1. The van der Waals surface area contributed by atoms with Crippen molar-refractivity contribution in [2.75, 3.05) is 19.2 Å². The highest BCUT2D eigenvalue weighted by molar-refractivity contribution is 6.32. The molecule has 1 aliphatic rings. The summed E-state index contributed by atoms with van der Waals surface area (Å²) in [5.41, 5.74) is 2.84. The smallest absolute Gasteiger partial charge is 0.343 e. The number of hydrazone groups is 1. The fraction of sp³-hybridized carbons (Fsp3) is 0.115. The second kappa shape index (κ2) is 9.40. The Morgan fingerprint density at radius 1 is 0.909 bits per heavy atom. The van der Waals surface area contributed by atoms with E-state index in [9.17, 15) is 9.59 Å². The van der Waals surface area contributed by atoms with Gasteiger partial charge in [0.1, 0.15) is 5.75 Å². The zero-order valence-corrected chi connectivity index (χ0v) is 18.4. The molecule has 166 valence electrons. The third-order valence-electron chi connectivity index (χ3n) is 5.07. The van der Waals surface area contributed by atoms with Crippen LogP contribution in [-0.2, 0) is 4.79 Å². The predicted molar refractivity (Wildman–Crippen MR) is 126 cm³/mol. The van der Waals surface area contributed by atoms with Crippen molar-refractivity contribution < 1.29 is 23.8 Å². The number of hydrogen-bond acceptors (Lipinski definition) is 6. The second-order valence-corrected chi connectivity index (χ2v) is 7.23. The standard InChI is InChI=1S/C26H22N2O5/c1-17-22(25(29)28(27-17)20-9-5-4-6-10-20)14-18-12-13-23(24(15-18)32-3)33-26(30)19-8-7-11-21(16-19)31-2/h4-16H,1-3H3/b22-14+. The van der Waals surface area contributed by atoms with Gasteiger partial charge >= 0.3 is 5.97 Å². The van der Waals surface area contributed by atoms with E-state index in [4.69, 9.17) is 14.2 Å². The van der Waals surface area contributed by atoms with E-state index in [-0.39, 0.29) is 11.7 Å². The maximum Gasteiger partial charge on any atom is 0.343 e. The molecule has 0 N–H and O–H groups in total. The third-order valence-corrected chi connectivity index (χ3v) is 5.07. The van der Waals surface area contributed by atoms with Crippen molar-refractivity contribution in [2.45, 2.75) is 6.92 Å². The van der Waals surface area contributed by atoms with Crippen LogP contribution in [0.2, 0.25) is 0 Å². The first-order chi connectivity index (χ1) is 16.0. The maximum atomic E-state index is 12.9. The van der Waals surface area contributed by atoms with Gasteiger partial charge < -0.3 is 14.2 Å². The van der Waals surface area contributed by atoms with E-state index < -0.39 is 5.97 Å². The minimum atomic E-state index is -0.536. The molecule has 0 saturated heterocycles. The van der Waals surface area contributed by atoms with Crippen molar-refractivity contribution in [2.24, 2.45) is 5.10 Å². The molecule has 0 atom stereocenters. The molecule has 1 heterocycles. The van der Waals surface area contributed by atoms with Crippen molar-refractivity contribution in [1.29, 1.82) is 0 Å². The SMILES string of the molecule is COc1cccc(C(=O)Oc2ccc(/C=C3/C(=O)N(c4ccccc4)N=C3C)cc2OC)c1. The summed E-state index contributed by atoms with van der Waals surface area (Å²) in [6.07, 6.45) is 1.74. The average Bonchev–Trinajstić information content (AvgIpc) is 3.13. The molecule has 3 aromatic rings. The molecule has 1 aliphatic heterocycles. The monoisotopic (exact) mass is 442 g/mol. The lowest BCUT2D eigenvalue weighted by atomic mass is 10.1. The van der Waals surface area contributed by atoms with Crippen LogP contribution in [0.4, 0.5) is 5.69 Å². The lowest BCUT2D eigenvalue weighted by Gasteiger charge is -2.12. The molecule has 7 nitrogen and oxygen atoms in total. The number of anilines is 1. The number of esters is 1. The van der Waals surface area contributed by atoms with Crippen LogP contribution < -0.4 is 19.2 Å². The molecule has 0 spiro atoms. The first-order valence-electron chi connectivity index (χ1n) is 10.2. The lowest BCUT2D eigenvalue weighted by molar-refractivity contribution is -0.114. The minimum absolute atomic E-state index is 0.216.